The number of aromatic nitrogens is 2. The molecule has 0 radical (unpaired) electrons. The summed E-state index contributed by atoms with van der Waals surface area (Å²) in [5, 5.41) is 10.3. The van der Waals surface area contributed by atoms with E-state index >= 15 is 0 Å². The van der Waals surface area contributed by atoms with Crippen molar-refractivity contribution in [2.75, 3.05) is 17.7 Å². The van der Waals surface area contributed by atoms with Crippen molar-refractivity contribution in [3.8, 4) is 11.6 Å². The van der Waals surface area contributed by atoms with Gasteiger partial charge in [-0.05, 0) is 53.9 Å². The average Bonchev–Trinajstić information content (AvgIpc) is 3.28. The Hall–Kier alpha value is -4.24. The third-order valence-corrected chi connectivity index (χ3v) is 5.30. The molecule has 8 nitrogen and oxygen atoms in total. The molecule has 0 fully saturated rings. The monoisotopic (exact) mass is 445 g/mol. The molecule has 160 valence electrons. The highest BCUT2D eigenvalue weighted by Crippen LogP contribution is 2.33. The second-order valence-electron chi connectivity index (χ2n) is 6.59. The van der Waals surface area contributed by atoms with Gasteiger partial charge in [0, 0.05) is 30.1 Å². The molecule has 2 amide bonds. The summed E-state index contributed by atoms with van der Waals surface area (Å²) in [7, 11) is 1.59. The molecule has 0 aliphatic heterocycles. The maximum Gasteiger partial charge on any atom is 0.251 e. The molecule has 0 atom stereocenters. The first-order valence-corrected chi connectivity index (χ1v) is 10.5. The molecule has 2 heterocycles. The molecule has 4 rings (SSSR count). The molecule has 32 heavy (non-hydrogen) atoms. The SMILES string of the molecule is C=CC(=O)Nc1cccc(Oc2nc(Nc3ccc(C(=O)NC)cc3)nc3ccsc23)c1. The molecule has 0 bridgehead atoms. The fraction of sp³-hybridized carbons (Fsp3) is 0.0435. The minimum absolute atomic E-state index is 0.158. The van der Waals surface area contributed by atoms with Gasteiger partial charge in [-0.1, -0.05) is 12.6 Å². The van der Waals surface area contributed by atoms with Crippen LogP contribution in [0.3, 0.4) is 0 Å². The number of carbonyl (C=O) groups excluding carboxylic acids is 2. The van der Waals surface area contributed by atoms with Gasteiger partial charge in [0.05, 0.1) is 5.52 Å². The number of benzene rings is 2. The lowest BCUT2D eigenvalue weighted by Crippen LogP contribution is -2.17. The minimum Gasteiger partial charge on any atom is -0.437 e. The van der Waals surface area contributed by atoms with Crippen LogP contribution in [0.4, 0.5) is 17.3 Å². The Bertz CT molecular complexity index is 1300. The lowest BCUT2D eigenvalue weighted by molar-refractivity contribution is -0.111. The number of fused-ring (bicyclic) bond motifs is 1. The number of amides is 2. The Labute approximate surface area is 188 Å². The van der Waals surface area contributed by atoms with Crippen LogP contribution >= 0.6 is 11.3 Å². The summed E-state index contributed by atoms with van der Waals surface area (Å²) < 4.78 is 6.84. The molecule has 0 aliphatic rings. The molecule has 2 aromatic heterocycles. The van der Waals surface area contributed by atoms with Crippen molar-refractivity contribution in [2.45, 2.75) is 0 Å². The number of carbonyl (C=O) groups is 2. The van der Waals surface area contributed by atoms with Crippen molar-refractivity contribution in [1.29, 1.82) is 0 Å². The largest absolute Gasteiger partial charge is 0.437 e. The number of nitrogens with zero attached hydrogens (tertiary/aromatic N) is 2. The Morgan fingerprint density at radius 3 is 2.62 bits per heavy atom. The predicted octanol–water partition coefficient (Wildman–Crippen LogP) is 4.71. The molecular weight excluding hydrogens is 426 g/mol. The van der Waals surface area contributed by atoms with Crippen LogP contribution in [0.25, 0.3) is 10.2 Å². The molecule has 9 heteroatoms. The number of ether oxygens (including phenoxy) is 1. The topological polar surface area (TPSA) is 105 Å². The van der Waals surface area contributed by atoms with Gasteiger partial charge in [0.2, 0.25) is 17.7 Å². The molecule has 2 aromatic carbocycles. The highest BCUT2D eigenvalue weighted by molar-refractivity contribution is 7.17. The van der Waals surface area contributed by atoms with Crippen LogP contribution in [0, 0.1) is 0 Å². The van der Waals surface area contributed by atoms with E-state index in [1.54, 1.807) is 55.6 Å². The van der Waals surface area contributed by atoms with E-state index in [-0.39, 0.29) is 11.8 Å². The van der Waals surface area contributed by atoms with Gasteiger partial charge in [0.1, 0.15) is 10.4 Å². The Kier molecular flexibility index (Phi) is 6.09. The standard InChI is InChI=1S/C23H19N5O3S/c1-3-19(29)25-16-5-4-6-17(13-16)31-22-20-18(11-12-32-20)27-23(28-22)26-15-9-7-14(8-10-15)21(30)24-2/h3-13H,1H2,2H3,(H,24,30)(H,25,29)(H,26,27,28). The van der Waals surface area contributed by atoms with E-state index in [4.69, 9.17) is 4.74 Å². The highest BCUT2D eigenvalue weighted by Gasteiger charge is 2.13. The van der Waals surface area contributed by atoms with Gasteiger partial charge in [-0.25, -0.2) is 4.98 Å². The molecule has 0 spiro atoms. The van der Waals surface area contributed by atoms with Crippen molar-refractivity contribution < 1.29 is 14.3 Å². The summed E-state index contributed by atoms with van der Waals surface area (Å²) >= 11 is 1.47. The lowest BCUT2D eigenvalue weighted by Gasteiger charge is -2.11. The smallest absolute Gasteiger partial charge is 0.251 e. The van der Waals surface area contributed by atoms with Gasteiger partial charge in [0.15, 0.2) is 0 Å². The van der Waals surface area contributed by atoms with Crippen molar-refractivity contribution in [3.63, 3.8) is 0 Å². The van der Waals surface area contributed by atoms with Crippen molar-refractivity contribution in [3.05, 3.63) is 78.2 Å². The number of hydrogen-bond acceptors (Lipinski definition) is 7. The maximum absolute atomic E-state index is 11.7. The zero-order valence-electron chi connectivity index (χ0n) is 17.1. The van der Waals surface area contributed by atoms with Crippen LogP contribution in [0.2, 0.25) is 0 Å². The first-order chi connectivity index (χ1) is 15.6. The van der Waals surface area contributed by atoms with Crippen molar-refractivity contribution in [2.24, 2.45) is 0 Å². The Morgan fingerprint density at radius 2 is 1.88 bits per heavy atom. The van der Waals surface area contributed by atoms with Gasteiger partial charge in [-0.2, -0.15) is 4.98 Å². The zero-order chi connectivity index (χ0) is 22.5. The van der Waals surface area contributed by atoms with E-state index in [2.05, 4.69) is 32.5 Å². The van der Waals surface area contributed by atoms with Gasteiger partial charge in [-0.15, -0.1) is 11.3 Å². The summed E-state index contributed by atoms with van der Waals surface area (Å²) in [6.07, 6.45) is 1.20. The molecule has 0 saturated heterocycles. The quantitative estimate of drug-likeness (QED) is 0.356. The molecule has 4 aromatic rings. The van der Waals surface area contributed by atoms with Crippen LogP contribution in [0.1, 0.15) is 10.4 Å². The van der Waals surface area contributed by atoms with E-state index < -0.39 is 0 Å². The van der Waals surface area contributed by atoms with Crippen molar-refractivity contribution >= 4 is 50.7 Å². The highest BCUT2D eigenvalue weighted by atomic mass is 32.1. The van der Waals surface area contributed by atoms with Gasteiger partial charge < -0.3 is 20.7 Å². The minimum atomic E-state index is -0.307. The first kappa shape index (κ1) is 21.0. The van der Waals surface area contributed by atoms with E-state index in [0.717, 1.165) is 15.9 Å². The molecule has 0 aliphatic carbocycles. The number of thiophene rings is 1. The van der Waals surface area contributed by atoms with Crippen LogP contribution in [0.15, 0.2) is 72.6 Å². The van der Waals surface area contributed by atoms with Crippen molar-refractivity contribution in [1.82, 2.24) is 15.3 Å². The third-order valence-electron chi connectivity index (χ3n) is 4.40. The maximum atomic E-state index is 11.7. The summed E-state index contributed by atoms with van der Waals surface area (Å²) in [6.45, 7) is 3.45. The fourth-order valence-corrected chi connectivity index (χ4v) is 3.64. The van der Waals surface area contributed by atoms with Gasteiger partial charge >= 0.3 is 0 Å². The molecule has 0 unspecified atom stereocenters. The Balaban J connectivity index is 1.60. The number of anilines is 3. The van der Waals surface area contributed by atoms with E-state index in [9.17, 15) is 9.59 Å². The molecule has 0 saturated carbocycles. The molecular formula is C23H19N5O3S. The summed E-state index contributed by atoms with van der Waals surface area (Å²) in [5.74, 6) is 0.797. The van der Waals surface area contributed by atoms with E-state index in [1.165, 1.54) is 17.4 Å². The lowest BCUT2D eigenvalue weighted by atomic mass is 10.2. The summed E-state index contributed by atoms with van der Waals surface area (Å²) in [6, 6.07) is 15.9. The number of hydrogen-bond donors (Lipinski definition) is 3. The predicted molar refractivity (Wildman–Crippen MR) is 126 cm³/mol. The fourth-order valence-electron chi connectivity index (χ4n) is 2.88. The second kappa shape index (κ2) is 9.27. The van der Waals surface area contributed by atoms with E-state index in [0.29, 0.717) is 28.8 Å². The summed E-state index contributed by atoms with van der Waals surface area (Å²) in [5.41, 5.74) is 2.60. The van der Waals surface area contributed by atoms with Gasteiger partial charge in [0.25, 0.3) is 5.91 Å². The first-order valence-electron chi connectivity index (χ1n) is 9.61. The summed E-state index contributed by atoms with van der Waals surface area (Å²) in [4.78, 5) is 32.3. The molecule has 3 N–H and O–H groups in total. The average molecular weight is 446 g/mol. The Morgan fingerprint density at radius 1 is 1.06 bits per heavy atom. The van der Waals surface area contributed by atoms with E-state index in [1.807, 2.05) is 11.4 Å². The zero-order valence-corrected chi connectivity index (χ0v) is 17.9. The second-order valence-corrected chi connectivity index (χ2v) is 7.51. The van der Waals surface area contributed by atoms with Gasteiger partial charge in [-0.3, -0.25) is 9.59 Å². The van der Waals surface area contributed by atoms with Crippen LogP contribution in [-0.4, -0.2) is 28.8 Å². The normalized spacial score (nSPS) is 10.4. The number of nitrogens with one attached hydrogen (secondary N) is 3. The van der Waals surface area contributed by atoms with Crippen LogP contribution in [0.5, 0.6) is 11.6 Å². The van der Waals surface area contributed by atoms with Crippen LogP contribution < -0.4 is 20.7 Å². The van der Waals surface area contributed by atoms with Crippen LogP contribution in [-0.2, 0) is 4.79 Å². The third kappa shape index (κ3) is 4.73. The number of rotatable bonds is 7.